The van der Waals surface area contributed by atoms with Gasteiger partial charge in [0.05, 0.1) is 6.54 Å². The standard InChI is InChI=1S/C12H22N2O3S/c1-5-7-13-9-11-8-12(10(3)17-11)18(15,16)14(4)6-2/h8,13H,5-7,9H2,1-4H3. The van der Waals surface area contributed by atoms with Crippen LogP contribution < -0.4 is 5.32 Å². The third kappa shape index (κ3) is 3.34. The Hall–Kier alpha value is -0.850. The zero-order chi connectivity index (χ0) is 13.8. The molecule has 5 nitrogen and oxygen atoms in total. The summed E-state index contributed by atoms with van der Waals surface area (Å²) >= 11 is 0. The van der Waals surface area contributed by atoms with Gasteiger partial charge in [-0.1, -0.05) is 13.8 Å². The normalized spacial score (nSPS) is 12.3. The third-order valence-corrected chi connectivity index (χ3v) is 4.82. The highest BCUT2D eigenvalue weighted by Crippen LogP contribution is 2.22. The molecule has 0 unspecified atom stereocenters. The van der Waals surface area contributed by atoms with Gasteiger partial charge in [-0.25, -0.2) is 12.7 Å². The van der Waals surface area contributed by atoms with Crippen LogP contribution in [0.25, 0.3) is 0 Å². The van der Waals surface area contributed by atoms with Crippen molar-refractivity contribution in [1.82, 2.24) is 9.62 Å². The van der Waals surface area contributed by atoms with Gasteiger partial charge in [0.2, 0.25) is 10.0 Å². The lowest BCUT2D eigenvalue weighted by Gasteiger charge is -2.13. The fourth-order valence-corrected chi connectivity index (χ4v) is 2.95. The predicted octanol–water partition coefficient (Wildman–Crippen LogP) is 1.73. The molecule has 0 radical (unpaired) electrons. The number of furan rings is 1. The molecule has 104 valence electrons. The van der Waals surface area contributed by atoms with E-state index in [1.54, 1.807) is 27.0 Å². The van der Waals surface area contributed by atoms with E-state index in [4.69, 9.17) is 4.42 Å². The van der Waals surface area contributed by atoms with Crippen molar-refractivity contribution in [3.8, 4) is 0 Å². The minimum atomic E-state index is -3.42. The highest BCUT2D eigenvalue weighted by Gasteiger charge is 2.24. The molecule has 0 saturated carbocycles. The molecule has 1 aromatic rings. The monoisotopic (exact) mass is 274 g/mol. The Bertz CT molecular complexity index is 480. The maximum Gasteiger partial charge on any atom is 0.246 e. The van der Waals surface area contributed by atoms with Crippen LogP contribution in [0, 0.1) is 6.92 Å². The predicted molar refractivity (Wildman–Crippen MR) is 70.9 cm³/mol. The minimum Gasteiger partial charge on any atom is -0.464 e. The number of hydrogen-bond acceptors (Lipinski definition) is 4. The Morgan fingerprint density at radius 2 is 2.06 bits per heavy atom. The first-order valence-electron chi connectivity index (χ1n) is 6.19. The summed E-state index contributed by atoms with van der Waals surface area (Å²) in [5, 5.41) is 3.18. The largest absolute Gasteiger partial charge is 0.464 e. The molecule has 0 fully saturated rings. The van der Waals surface area contributed by atoms with Gasteiger partial charge in [-0.05, 0) is 19.9 Å². The summed E-state index contributed by atoms with van der Waals surface area (Å²) in [7, 11) is -1.85. The van der Waals surface area contributed by atoms with Crippen LogP contribution in [0.3, 0.4) is 0 Å². The number of rotatable bonds is 7. The molecule has 0 aliphatic heterocycles. The maximum atomic E-state index is 12.2. The molecule has 0 atom stereocenters. The second-order valence-corrected chi connectivity index (χ2v) is 6.24. The van der Waals surface area contributed by atoms with E-state index in [0.29, 0.717) is 24.6 Å². The van der Waals surface area contributed by atoms with E-state index >= 15 is 0 Å². The van der Waals surface area contributed by atoms with E-state index in [0.717, 1.165) is 13.0 Å². The quantitative estimate of drug-likeness (QED) is 0.769. The van der Waals surface area contributed by atoms with Crippen LogP contribution in [0.15, 0.2) is 15.4 Å². The Morgan fingerprint density at radius 1 is 1.39 bits per heavy atom. The zero-order valence-corrected chi connectivity index (χ0v) is 12.3. The van der Waals surface area contributed by atoms with E-state index in [2.05, 4.69) is 12.2 Å². The van der Waals surface area contributed by atoms with E-state index < -0.39 is 10.0 Å². The fourth-order valence-electron chi connectivity index (χ4n) is 1.59. The van der Waals surface area contributed by atoms with E-state index in [-0.39, 0.29) is 4.90 Å². The van der Waals surface area contributed by atoms with Crippen molar-refractivity contribution in [1.29, 1.82) is 0 Å². The SMILES string of the molecule is CCCNCc1cc(S(=O)(=O)N(C)CC)c(C)o1. The first-order valence-corrected chi connectivity index (χ1v) is 7.63. The zero-order valence-electron chi connectivity index (χ0n) is 11.5. The number of nitrogens with one attached hydrogen (secondary N) is 1. The number of aryl methyl sites for hydroxylation is 1. The van der Waals surface area contributed by atoms with Gasteiger partial charge in [-0.2, -0.15) is 0 Å². The lowest BCUT2D eigenvalue weighted by Crippen LogP contribution is -2.26. The Morgan fingerprint density at radius 3 is 2.61 bits per heavy atom. The van der Waals surface area contributed by atoms with Crippen molar-refractivity contribution in [2.75, 3.05) is 20.1 Å². The van der Waals surface area contributed by atoms with Crippen molar-refractivity contribution in [2.24, 2.45) is 0 Å². The fraction of sp³-hybridized carbons (Fsp3) is 0.667. The summed E-state index contributed by atoms with van der Waals surface area (Å²) in [4.78, 5) is 0.264. The van der Waals surface area contributed by atoms with Crippen molar-refractivity contribution < 1.29 is 12.8 Å². The summed E-state index contributed by atoms with van der Waals surface area (Å²) in [5.41, 5.74) is 0. The molecule has 1 aromatic heterocycles. The molecule has 0 aliphatic carbocycles. The lowest BCUT2D eigenvalue weighted by molar-refractivity contribution is 0.452. The lowest BCUT2D eigenvalue weighted by atomic mass is 10.4. The molecule has 0 bridgehead atoms. The van der Waals surface area contributed by atoms with Crippen LogP contribution >= 0.6 is 0 Å². The van der Waals surface area contributed by atoms with Crippen molar-refractivity contribution in [3.63, 3.8) is 0 Å². The smallest absolute Gasteiger partial charge is 0.246 e. The van der Waals surface area contributed by atoms with Gasteiger partial charge in [0.15, 0.2) is 0 Å². The van der Waals surface area contributed by atoms with Crippen molar-refractivity contribution in [2.45, 2.75) is 38.6 Å². The van der Waals surface area contributed by atoms with Gasteiger partial charge in [0, 0.05) is 19.7 Å². The highest BCUT2D eigenvalue weighted by atomic mass is 32.2. The van der Waals surface area contributed by atoms with E-state index in [1.807, 2.05) is 0 Å². The van der Waals surface area contributed by atoms with Crippen LogP contribution in [0.1, 0.15) is 31.8 Å². The van der Waals surface area contributed by atoms with Crippen LogP contribution in [-0.2, 0) is 16.6 Å². The molecular weight excluding hydrogens is 252 g/mol. The summed E-state index contributed by atoms with van der Waals surface area (Å²) < 4.78 is 31.1. The second kappa shape index (κ2) is 6.36. The molecule has 0 saturated heterocycles. The van der Waals surface area contributed by atoms with Gasteiger partial charge in [0.25, 0.3) is 0 Å². The van der Waals surface area contributed by atoms with Crippen LogP contribution in [0.4, 0.5) is 0 Å². The summed E-state index contributed by atoms with van der Waals surface area (Å²) in [6.45, 7) is 7.44. The molecule has 0 aliphatic rings. The van der Waals surface area contributed by atoms with Crippen LogP contribution in [-0.4, -0.2) is 32.9 Å². The van der Waals surface area contributed by atoms with Gasteiger partial charge in [0.1, 0.15) is 16.4 Å². The average Bonchev–Trinajstić information content (AvgIpc) is 2.70. The van der Waals surface area contributed by atoms with Crippen LogP contribution in [0.5, 0.6) is 0 Å². The van der Waals surface area contributed by atoms with Gasteiger partial charge in [-0.3, -0.25) is 0 Å². The highest BCUT2D eigenvalue weighted by molar-refractivity contribution is 7.89. The first kappa shape index (κ1) is 15.2. The molecule has 0 aromatic carbocycles. The van der Waals surface area contributed by atoms with Crippen molar-refractivity contribution >= 4 is 10.0 Å². The summed E-state index contributed by atoms with van der Waals surface area (Å²) in [6.07, 6.45) is 1.03. The minimum absolute atomic E-state index is 0.264. The third-order valence-electron chi connectivity index (χ3n) is 2.78. The second-order valence-electron chi connectivity index (χ2n) is 4.23. The van der Waals surface area contributed by atoms with Crippen molar-refractivity contribution in [3.05, 3.63) is 17.6 Å². The molecule has 1 heterocycles. The molecule has 1 N–H and O–H groups in total. The maximum absolute atomic E-state index is 12.2. The first-order chi connectivity index (χ1) is 8.43. The molecule has 0 spiro atoms. The van der Waals surface area contributed by atoms with Gasteiger partial charge in [-0.15, -0.1) is 0 Å². The van der Waals surface area contributed by atoms with Gasteiger partial charge >= 0.3 is 0 Å². The molecule has 6 heteroatoms. The molecular formula is C12H22N2O3S. The summed E-state index contributed by atoms with van der Waals surface area (Å²) in [5.74, 6) is 1.10. The Kier molecular flexibility index (Phi) is 5.37. The Labute approximate surface area is 109 Å². The number of nitrogens with zero attached hydrogens (tertiary/aromatic N) is 1. The number of sulfonamides is 1. The number of hydrogen-bond donors (Lipinski definition) is 1. The van der Waals surface area contributed by atoms with E-state index in [1.165, 1.54) is 4.31 Å². The molecule has 1 rings (SSSR count). The Balaban J connectivity index is 2.91. The van der Waals surface area contributed by atoms with E-state index in [9.17, 15) is 8.42 Å². The topological polar surface area (TPSA) is 62.6 Å². The van der Waals surface area contributed by atoms with Gasteiger partial charge < -0.3 is 9.73 Å². The van der Waals surface area contributed by atoms with Crippen LogP contribution in [0.2, 0.25) is 0 Å². The molecule has 18 heavy (non-hydrogen) atoms. The summed E-state index contributed by atoms with van der Waals surface area (Å²) in [6, 6.07) is 1.61. The average molecular weight is 274 g/mol. The molecule has 0 amide bonds.